The number of nitrogen functional groups attached to an aromatic ring is 1. The molecule has 3 heteroatoms. The van der Waals surface area contributed by atoms with Crippen LogP contribution in [0.3, 0.4) is 0 Å². The average Bonchev–Trinajstić information content (AvgIpc) is 2.89. The molecular formula is C18H28N2O. The lowest BCUT2D eigenvalue weighted by Crippen LogP contribution is -2.28. The molecule has 0 spiro atoms. The summed E-state index contributed by atoms with van der Waals surface area (Å²) < 4.78 is 0. The Balaban J connectivity index is 1.56. The largest absolute Gasteiger partial charge is 0.399 e. The van der Waals surface area contributed by atoms with Gasteiger partial charge in [-0.15, -0.1) is 0 Å². The highest BCUT2D eigenvalue weighted by atomic mass is 16.3. The van der Waals surface area contributed by atoms with Gasteiger partial charge in [-0.2, -0.15) is 0 Å². The molecule has 1 heterocycles. The van der Waals surface area contributed by atoms with Gasteiger partial charge in [0.25, 0.3) is 0 Å². The normalized spacial score (nSPS) is 31.9. The summed E-state index contributed by atoms with van der Waals surface area (Å²) in [7, 11) is 0. The van der Waals surface area contributed by atoms with Gasteiger partial charge in [0.15, 0.2) is 0 Å². The number of aliphatic hydroxyl groups excluding tert-OH is 1. The summed E-state index contributed by atoms with van der Waals surface area (Å²) in [5.41, 5.74) is 8.45. The van der Waals surface area contributed by atoms with Crippen LogP contribution in [-0.4, -0.2) is 24.8 Å². The van der Waals surface area contributed by atoms with Crippen molar-refractivity contribution in [3.05, 3.63) is 29.8 Å². The molecular weight excluding hydrogens is 260 g/mol. The minimum Gasteiger partial charge on any atom is -0.399 e. The Bertz CT molecular complexity index is 484. The summed E-state index contributed by atoms with van der Waals surface area (Å²) in [5, 5.41) is 13.1. The predicted molar refractivity (Wildman–Crippen MR) is 86.9 cm³/mol. The van der Waals surface area contributed by atoms with Crippen molar-refractivity contribution < 1.29 is 5.11 Å². The third-order valence-electron chi connectivity index (χ3n) is 5.97. The minimum atomic E-state index is 0.373. The second-order valence-corrected chi connectivity index (χ2v) is 6.88. The van der Waals surface area contributed by atoms with Gasteiger partial charge in [0.1, 0.15) is 0 Å². The van der Waals surface area contributed by atoms with Gasteiger partial charge in [0.2, 0.25) is 0 Å². The van der Waals surface area contributed by atoms with Crippen molar-refractivity contribution >= 4 is 5.69 Å². The third kappa shape index (κ3) is 2.58. The number of aryl methyl sites for hydroxylation is 1. The van der Waals surface area contributed by atoms with Gasteiger partial charge in [0.05, 0.1) is 0 Å². The molecule has 2 aliphatic rings. The topological polar surface area (TPSA) is 58.3 Å². The molecule has 1 aromatic carbocycles. The summed E-state index contributed by atoms with van der Waals surface area (Å²) in [4.78, 5) is 0. The van der Waals surface area contributed by atoms with Crippen LogP contribution >= 0.6 is 0 Å². The lowest BCUT2D eigenvalue weighted by molar-refractivity contribution is 0.197. The van der Waals surface area contributed by atoms with Crippen LogP contribution in [0, 0.1) is 23.2 Å². The zero-order valence-electron chi connectivity index (χ0n) is 13.0. The summed E-state index contributed by atoms with van der Waals surface area (Å²) in [6, 6.07) is 8.25. The highest BCUT2D eigenvalue weighted by molar-refractivity contribution is 5.40. The van der Waals surface area contributed by atoms with E-state index in [9.17, 15) is 5.11 Å². The van der Waals surface area contributed by atoms with Crippen LogP contribution in [0.5, 0.6) is 0 Å². The molecule has 1 aromatic rings. The molecule has 1 saturated heterocycles. The molecule has 4 unspecified atom stereocenters. The Morgan fingerprint density at radius 2 is 2.33 bits per heavy atom. The van der Waals surface area contributed by atoms with E-state index in [4.69, 9.17) is 5.73 Å². The number of anilines is 1. The third-order valence-corrected chi connectivity index (χ3v) is 5.97. The smallest absolute Gasteiger partial charge is 0.0468 e. The van der Waals surface area contributed by atoms with Crippen molar-refractivity contribution in [2.24, 2.45) is 23.2 Å². The molecule has 1 aliphatic heterocycles. The molecule has 116 valence electrons. The Morgan fingerprint density at radius 1 is 1.48 bits per heavy atom. The lowest BCUT2D eigenvalue weighted by Gasteiger charge is -2.26. The van der Waals surface area contributed by atoms with Crippen LogP contribution in [0.1, 0.15) is 31.7 Å². The molecule has 0 aromatic heterocycles. The standard InChI is InChI=1S/C18H28N2O/c1-2-14(18-12-20-10-16(18)17(18)11-21)7-3-5-13-6-4-8-15(19)9-13/h4,6,8-9,14,16-17,20-21H,2-3,5,7,10-12,19H2,1H3. The zero-order chi connectivity index (χ0) is 14.9. The van der Waals surface area contributed by atoms with Crippen molar-refractivity contribution in [2.75, 3.05) is 25.4 Å². The minimum absolute atomic E-state index is 0.373. The molecule has 3 rings (SSSR count). The number of piperidine rings is 1. The van der Waals surface area contributed by atoms with Crippen molar-refractivity contribution in [3.63, 3.8) is 0 Å². The molecule has 4 N–H and O–H groups in total. The van der Waals surface area contributed by atoms with Gasteiger partial charge in [-0.05, 0) is 66.7 Å². The van der Waals surface area contributed by atoms with Crippen LogP contribution < -0.4 is 11.1 Å². The first-order valence-corrected chi connectivity index (χ1v) is 8.38. The van der Waals surface area contributed by atoms with E-state index >= 15 is 0 Å². The number of nitrogens with two attached hydrogens (primary N) is 1. The quantitative estimate of drug-likeness (QED) is 0.675. The molecule has 0 amide bonds. The Kier molecular flexibility index (Phi) is 4.23. The lowest BCUT2D eigenvalue weighted by atomic mass is 9.80. The van der Waals surface area contributed by atoms with Crippen molar-refractivity contribution in [2.45, 2.75) is 32.6 Å². The van der Waals surface area contributed by atoms with Gasteiger partial charge >= 0.3 is 0 Å². The number of benzene rings is 1. The van der Waals surface area contributed by atoms with E-state index in [1.807, 2.05) is 12.1 Å². The fraction of sp³-hybridized carbons (Fsp3) is 0.667. The van der Waals surface area contributed by atoms with Crippen LogP contribution in [0.4, 0.5) is 5.69 Å². The monoisotopic (exact) mass is 288 g/mol. The molecule has 3 nitrogen and oxygen atoms in total. The maximum absolute atomic E-state index is 9.61. The molecule has 1 aliphatic carbocycles. The first kappa shape index (κ1) is 14.9. The van der Waals surface area contributed by atoms with Gasteiger partial charge in [-0.3, -0.25) is 0 Å². The maximum Gasteiger partial charge on any atom is 0.0468 e. The fourth-order valence-corrected chi connectivity index (χ4v) is 4.87. The number of nitrogens with one attached hydrogen (secondary N) is 1. The SMILES string of the molecule is CCC(CCCc1cccc(N)c1)C12CNCC1C2CO. The van der Waals surface area contributed by atoms with Crippen LogP contribution in [0.15, 0.2) is 24.3 Å². The number of hydrogen-bond acceptors (Lipinski definition) is 3. The van der Waals surface area contributed by atoms with E-state index in [1.54, 1.807) is 0 Å². The summed E-state index contributed by atoms with van der Waals surface area (Å²) >= 11 is 0. The van der Waals surface area contributed by atoms with Crippen LogP contribution in [-0.2, 0) is 6.42 Å². The van der Waals surface area contributed by atoms with Crippen molar-refractivity contribution in [3.8, 4) is 0 Å². The highest BCUT2D eigenvalue weighted by Crippen LogP contribution is 2.66. The average molecular weight is 288 g/mol. The second-order valence-electron chi connectivity index (χ2n) is 6.88. The fourth-order valence-electron chi connectivity index (χ4n) is 4.87. The van der Waals surface area contributed by atoms with E-state index in [1.165, 1.54) is 24.8 Å². The maximum atomic E-state index is 9.61. The molecule has 0 radical (unpaired) electrons. The van der Waals surface area contributed by atoms with E-state index in [2.05, 4.69) is 24.4 Å². The molecule has 21 heavy (non-hydrogen) atoms. The second kappa shape index (κ2) is 5.98. The van der Waals surface area contributed by atoms with E-state index in [0.717, 1.165) is 37.0 Å². The number of rotatable bonds is 7. The summed E-state index contributed by atoms with van der Waals surface area (Å²) in [6.45, 7) is 4.90. The predicted octanol–water partition coefficient (Wildman–Crippen LogP) is 2.45. The number of fused-ring (bicyclic) bond motifs is 1. The van der Waals surface area contributed by atoms with E-state index < -0.39 is 0 Å². The molecule has 1 saturated carbocycles. The first-order chi connectivity index (χ1) is 10.2. The van der Waals surface area contributed by atoms with Gasteiger partial charge in [0, 0.05) is 18.8 Å². The van der Waals surface area contributed by atoms with Crippen LogP contribution in [0.2, 0.25) is 0 Å². The summed E-state index contributed by atoms with van der Waals surface area (Å²) in [6.07, 6.45) is 4.82. The molecule has 4 atom stereocenters. The summed E-state index contributed by atoms with van der Waals surface area (Å²) in [5.74, 6) is 2.02. The van der Waals surface area contributed by atoms with Gasteiger partial charge < -0.3 is 16.2 Å². The van der Waals surface area contributed by atoms with E-state index in [-0.39, 0.29) is 0 Å². The van der Waals surface area contributed by atoms with Gasteiger partial charge in [-0.1, -0.05) is 25.5 Å². The highest BCUT2D eigenvalue weighted by Gasteiger charge is 2.68. The Morgan fingerprint density at radius 3 is 3.00 bits per heavy atom. The molecule has 0 bridgehead atoms. The number of aliphatic hydroxyl groups is 1. The Labute approximate surface area is 127 Å². The Hall–Kier alpha value is -1.06. The zero-order valence-corrected chi connectivity index (χ0v) is 13.0. The first-order valence-electron chi connectivity index (χ1n) is 8.38. The molecule has 2 fully saturated rings. The van der Waals surface area contributed by atoms with Gasteiger partial charge in [-0.25, -0.2) is 0 Å². The van der Waals surface area contributed by atoms with Crippen LogP contribution in [0.25, 0.3) is 0 Å². The van der Waals surface area contributed by atoms with Crippen molar-refractivity contribution in [1.82, 2.24) is 5.32 Å². The van der Waals surface area contributed by atoms with Crippen molar-refractivity contribution in [1.29, 1.82) is 0 Å². The van der Waals surface area contributed by atoms with E-state index in [0.29, 0.717) is 17.9 Å². The number of hydrogen-bond donors (Lipinski definition) is 3.